The number of nitrogens with one attached hydrogen (secondary N) is 1. The molecule has 7 heteroatoms. The first kappa shape index (κ1) is 23.1. The molecule has 4 nitrogen and oxygen atoms in total. The zero-order valence-electron chi connectivity index (χ0n) is 19.1. The van der Waals surface area contributed by atoms with Gasteiger partial charge >= 0.3 is 6.18 Å². The molecule has 0 fully saturated rings. The largest absolute Gasteiger partial charge is 0.416 e. The van der Waals surface area contributed by atoms with Crippen LogP contribution in [0, 0.1) is 0 Å². The van der Waals surface area contributed by atoms with Crippen LogP contribution in [0.4, 0.5) is 13.2 Å². The van der Waals surface area contributed by atoms with Gasteiger partial charge < -0.3 is 5.32 Å². The second kappa shape index (κ2) is 8.69. The van der Waals surface area contributed by atoms with Crippen LogP contribution in [0.5, 0.6) is 0 Å². The molecule has 0 bridgehead atoms. The van der Waals surface area contributed by atoms with E-state index in [1.807, 2.05) is 32.9 Å². The van der Waals surface area contributed by atoms with Crippen LogP contribution in [-0.4, -0.2) is 15.7 Å². The number of amides is 1. The number of aryl methyl sites for hydroxylation is 2. The molecule has 1 N–H and O–H groups in total. The van der Waals surface area contributed by atoms with E-state index < -0.39 is 11.7 Å². The van der Waals surface area contributed by atoms with Crippen LogP contribution in [-0.2, 0) is 42.2 Å². The van der Waals surface area contributed by atoms with Crippen LogP contribution in [0.3, 0.4) is 0 Å². The molecule has 1 amide bonds. The first-order valence-corrected chi connectivity index (χ1v) is 11.1. The maximum atomic E-state index is 13.0. The van der Waals surface area contributed by atoms with Crippen molar-refractivity contribution in [2.45, 2.75) is 64.6 Å². The van der Waals surface area contributed by atoms with Gasteiger partial charge in [0.1, 0.15) is 0 Å². The molecule has 1 aromatic heterocycles. The fraction of sp³-hybridized carbons (Fsp3) is 0.385. The van der Waals surface area contributed by atoms with E-state index in [9.17, 15) is 18.0 Å². The smallest absolute Gasteiger partial charge is 0.350 e. The number of hydrogen-bond donors (Lipinski definition) is 1. The maximum absolute atomic E-state index is 13.0. The Morgan fingerprint density at radius 3 is 2.36 bits per heavy atom. The highest BCUT2D eigenvalue weighted by Gasteiger charge is 2.30. The van der Waals surface area contributed by atoms with Crippen LogP contribution in [0.15, 0.2) is 48.5 Å². The highest BCUT2D eigenvalue weighted by atomic mass is 19.4. The number of nitrogens with zero attached hydrogens (tertiary/aromatic N) is 2. The van der Waals surface area contributed by atoms with Crippen molar-refractivity contribution in [3.8, 4) is 5.69 Å². The standard InChI is InChI=1S/C26H28F3N3O/c1-25(2,3)23-15-22(32(31-23)21-11-9-20(10-12-21)26(27,28)29)16-30-24(33)14-17-7-8-18-5-4-6-19(18)13-17/h7-13,15H,4-6,14,16H2,1-3H3,(H,30,33). The maximum Gasteiger partial charge on any atom is 0.416 e. The van der Waals surface area contributed by atoms with E-state index in [0.29, 0.717) is 11.4 Å². The minimum atomic E-state index is -4.40. The van der Waals surface area contributed by atoms with Crippen molar-refractivity contribution in [3.05, 3.63) is 82.2 Å². The molecule has 0 saturated carbocycles. The van der Waals surface area contributed by atoms with E-state index in [4.69, 9.17) is 0 Å². The number of carbonyl (C=O) groups is 1. The molecule has 33 heavy (non-hydrogen) atoms. The lowest BCUT2D eigenvalue weighted by molar-refractivity contribution is -0.137. The van der Waals surface area contributed by atoms with Gasteiger partial charge in [-0.05, 0) is 66.3 Å². The molecule has 1 aliphatic carbocycles. The minimum absolute atomic E-state index is 0.106. The molecule has 4 rings (SSSR count). The van der Waals surface area contributed by atoms with Gasteiger partial charge in [-0.2, -0.15) is 18.3 Å². The molecule has 0 unspecified atom stereocenters. The van der Waals surface area contributed by atoms with Gasteiger partial charge in [0.15, 0.2) is 0 Å². The van der Waals surface area contributed by atoms with Crippen LogP contribution >= 0.6 is 0 Å². The molecular weight excluding hydrogens is 427 g/mol. The quantitative estimate of drug-likeness (QED) is 0.549. The van der Waals surface area contributed by atoms with Crippen molar-refractivity contribution in [1.29, 1.82) is 0 Å². The molecule has 0 atom stereocenters. The summed E-state index contributed by atoms with van der Waals surface area (Å²) < 4.78 is 40.5. The summed E-state index contributed by atoms with van der Waals surface area (Å²) in [6.07, 6.45) is -0.783. The van der Waals surface area contributed by atoms with Crippen molar-refractivity contribution >= 4 is 5.91 Å². The second-order valence-electron chi connectivity index (χ2n) is 9.64. The third kappa shape index (κ3) is 5.29. The van der Waals surface area contributed by atoms with Crippen molar-refractivity contribution in [1.82, 2.24) is 15.1 Å². The van der Waals surface area contributed by atoms with Gasteiger partial charge in [0.05, 0.1) is 35.6 Å². The molecule has 0 radical (unpaired) electrons. The van der Waals surface area contributed by atoms with E-state index in [1.165, 1.54) is 23.3 Å². The van der Waals surface area contributed by atoms with Gasteiger partial charge in [0.25, 0.3) is 0 Å². The van der Waals surface area contributed by atoms with E-state index >= 15 is 0 Å². The molecule has 2 aromatic carbocycles. The Morgan fingerprint density at radius 2 is 1.70 bits per heavy atom. The summed E-state index contributed by atoms with van der Waals surface area (Å²) >= 11 is 0. The second-order valence-corrected chi connectivity index (χ2v) is 9.64. The summed E-state index contributed by atoms with van der Waals surface area (Å²) in [5.74, 6) is -0.106. The first-order valence-electron chi connectivity index (χ1n) is 11.1. The molecule has 0 saturated heterocycles. The van der Waals surface area contributed by atoms with Gasteiger partial charge in [-0.25, -0.2) is 4.68 Å². The zero-order valence-corrected chi connectivity index (χ0v) is 19.1. The fourth-order valence-electron chi connectivity index (χ4n) is 4.10. The van der Waals surface area contributed by atoms with Crippen molar-refractivity contribution < 1.29 is 18.0 Å². The van der Waals surface area contributed by atoms with Gasteiger partial charge in [-0.3, -0.25) is 4.79 Å². The van der Waals surface area contributed by atoms with Crippen molar-refractivity contribution in [2.24, 2.45) is 0 Å². The van der Waals surface area contributed by atoms with Crippen LogP contribution in [0.2, 0.25) is 0 Å². The van der Waals surface area contributed by atoms with E-state index in [0.717, 1.165) is 42.7 Å². The highest BCUT2D eigenvalue weighted by molar-refractivity contribution is 5.78. The lowest BCUT2D eigenvalue weighted by atomic mass is 9.92. The summed E-state index contributed by atoms with van der Waals surface area (Å²) in [4.78, 5) is 12.6. The molecule has 1 heterocycles. The number of rotatable bonds is 5. The Bertz CT molecular complexity index is 1160. The predicted octanol–water partition coefficient (Wildman–Crippen LogP) is 5.54. The normalized spacial score (nSPS) is 13.8. The van der Waals surface area contributed by atoms with Crippen LogP contribution < -0.4 is 5.32 Å². The van der Waals surface area contributed by atoms with Crippen molar-refractivity contribution in [2.75, 3.05) is 0 Å². The number of halogens is 3. The van der Waals surface area contributed by atoms with Gasteiger partial charge in [0, 0.05) is 5.41 Å². The van der Waals surface area contributed by atoms with E-state index in [-0.39, 0.29) is 24.3 Å². The minimum Gasteiger partial charge on any atom is -0.350 e. The lowest BCUT2D eigenvalue weighted by Crippen LogP contribution is -2.25. The number of hydrogen-bond acceptors (Lipinski definition) is 2. The SMILES string of the molecule is CC(C)(C)c1cc(CNC(=O)Cc2ccc3c(c2)CCC3)n(-c2ccc(C(F)(F)F)cc2)n1. The molecule has 1 aliphatic rings. The first-order chi connectivity index (χ1) is 15.5. The Morgan fingerprint density at radius 1 is 1.00 bits per heavy atom. The number of alkyl halides is 3. The zero-order chi connectivity index (χ0) is 23.8. The van der Waals surface area contributed by atoms with Crippen LogP contribution in [0.25, 0.3) is 5.69 Å². The lowest BCUT2D eigenvalue weighted by Gasteiger charge is -2.14. The van der Waals surface area contributed by atoms with Gasteiger partial charge in [-0.15, -0.1) is 0 Å². The number of carbonyl (C=O) groups excluding carboxylic acids is 1. The van der Waals surface area contributed by atoms with Crippen molar-refractivity contribution in [3.63, 3.8) is 0 Å². The molecule has 3 aromatic rings. The third-order valence-corrected chi connectivity index (χ3v) is 5.99. The Kier molecular flexibility index (Phi) is 6.08. The van der Waals surface area contributed by atoms with Gasteiger partial charge in [0.2, 0.25) is 5.91 Å². The Labute approximate surface area is 191 Å². The summed E-state index contributed by atoms with van der Waals surface area (Å²) in [6, 6.07) is 13.0. The average Bonchev–Trinajstić information content (AvgIpc) is 3.38. The number of benzene rings is 2. The topological polar surface area (TPSA) is 46.9 Å². The van der Waals surface area contributed by atoms with E-state index in [2.05, 4.69) is 22.5 Å². The third-order valence-electron chi connectivity index (χ3n) is 5.99. The summed E-state index contributed by atoms with van der Waals surface area (Å²) in [7, 11) is 0. The van der Waals surface area contributed by atoms with E-state index in [1.54, 1.807) is 4.68 Å². The molecular formula is C26H28F3N3O. The Hall–Kier alpha value is -3.09. The predicted molar refractivity (Wildman–Crippen MR) is 121 cm³/mol. The summed E-state index contributed by atoms with van der Waals surface area (Å²) in [5, 5.41) is 7.57. The number of aromatic nitrogens is 2. The van der Waals surface area contributed by atoms with Gasteiger partial charge in [-0.1, -0.05) is 39.0 Å². The molecule has 0 aliphatic heterocycles. The van der Waals surface area contributed by atoms with Crippen LogP contribution in [0.1, 0.15) is 60.8 Å². The summed E-state index contributed by atoms with van der Waals surface area (Å²) in [6.45, 7) is 6.28. The molecule has 0 spiro atoms. The molecule has 174 valence electrons. The number of fused-ring (bicyclic) bond motifs is 1. The average molecular weight is 456 g/mol. The summed E-state index contributed by atoms with van der Waals surface area (Å²) in [5.41, 5.74) is 4.75. The monoisotopic (exact) mass is 455 g/mol. The fourth-order valence-corrected chi connectivity index (χ4v) is 4.10. The Balaban J connectivity index is 1.51. The highest BCUT2D eigenvalue weighted by Crippen LogP contribution is 2.30.